The molecule has 0 bridgehead atoms. The van der Waals surface area contributed by atoms with E-state index in [9.17, 15) is 22.8 Å². The van der Waals surface area contributed by atoms with Gasteiger partial charge in [0.25, 0.3) is 0 Å². The molecule has 2 aromatic carbocycles. The average Bonchev–Trinajstić information content (AvgIpc) is 3.79. The number of hydrogen-bond donors (Lipinski definition) is 4. The lowest BCUT2D eigenvalue weighted by Crippen LogP contribution is -2.50. The lowest BCUT2D eigenvalue weighted by molar-refractivity contribution is -0.192. The predicted octanol–water partition coefficient (Wildman–Crippen LogP) is 4.67. The fourth-order valence-electron chi connectivity index (χ4n) is 4.78. The molecule has 0 spiro atoms. The summed E-state index contributed by atoms with van der Waals surface area (Å²) in [4.78, 5) is 35.8. The van der Waals surface area contributed by atoms with Gasteiger partial charge in [-0.15, -0.1) is 16.4 Å². The summed E-state index contributed by atoms with van der Waals surface area (Å²) >= 11 is 13.9. The zero-order valence-corrected chi connectivity index (χ0v) is 26.4. The zero-order valence-electron chi connectivity index (χ0n) is 24.1. The molecule has 11 nitrogen and oxygen atoms in total. The van der Waals surface area contributed by atoms with E-state index >= 15 is 0 Å². The highest BCUT2D eigenvalue weighted by atomic mass is 35.5. The quantitative estimate of drug-likeness (QED) is 0.197. The fraction of sp³-hybridized carbons (Fsp3) is 0.310. The summed E-state index contributed by atoms with van der Waals surface area (Å²) in [6.45, 7) is 2.60. The molecule has 2 aromatic heterocycles. The van der Waals surface area contributed by atoms with Gasteiger partial charge in [0.15, 0.2) is 0 Å². The van der Waals surface area contributed by atoms with E-state index in [0.717, 1.165) is 27.7 Å². The number of carboxylic acids is 1. The van der Waals surface area contributed by atoms with Crippen LogP contribution in [0.3, 0.4) is 0 Å². The molecule has 4 aromatic rings. The van der Waals surface area contributed by atoms with Crippen LogP contribution in [-0.2, 0) is 27.3 Å². The first-order valence-corrected chi connectivity index (χ1v) is 15.4. The Hall–Kier alpha value is -4.05. The van der Waals surface area contributed by atoms with Gasteiger partial charge in [0, 0.05) is 16.4 Å². The van der Waals surface area contributed by atoms with E-state index in [2.05, 4.69) is 43.6 Å². The maximum Gasteiger partial charge on any atom is 0.490 e. The number of thiophene rings is 1. The molecule has 3 heterocycles. The number of nitrogens with zero attached hydrogens (tertiary/aromatic N) is 4. The number of alkyl halides is 3. The fourth-order valence-corrected chi connectivity index (χ4v) is 6.08. The zero-order chi connectivity index (χ0) is 33.4. The van der Waals surface area contributed by atoms with Crippen LogP contribution in [0.25, 0.3) is 16.1 Å². The molecular weight excluding hydrogens is 670 g/mol. The molecule has 4 N–H and O–H groups in total. The summed E-state index contributed by atoms with van der Waals surface area (Å²) in [7, 11) is 0. The monoisotopic (exact) mass is 697 g/mol. The standard InChI is InChI=1S/C27H27Cl2N7O2S.C2HF3O2/c1-16(26(37)31-14-19-12-20(28)6-7-23(19)36-15-32-34-35-36)33-27(38)22-11-17(13-30-22)10-18-4-2-3-5-21(18)24-8-9-25(29)39-24;3-2(4,5)1(6)7/h2-9,12,15-17,22,30H,10-11,13-14H2,1H3,(H,31,37)(H,33,38);(H,6,7)/t16-,17-,22+;/m0./s1. The number of carbonyl (C=O) groups excluding carboxylic acids is 2. The number of halogens is 5. The minimum atomic E-state index is -5.08. The van der Waals surface area contributed by atoms with Crippen molar-refractivity contribution in [3.05, 3.63) is 81.4 Å². The SMILES string of the molecule is C[C@H](NC(=O)[C@H]1C[C@H](Cc2ccccc2-c2ccc(Cl)s2)CN1)C(=O)NCc1cc(Cl)ccc1-n1cnnn1.O=C(O)C(F)(F)F. The molecule has 0 unspecified atom stereocenters. The molecule has 1 aliphatic heterocycles. The van der Waals surface area contributed by atoms with E-state index in [1.54, 1.807) is 36.5 Å². The molecule has 1 aliphatic rings. The van der Waals surface area contributed by atoms with Gasteiger partial charge in [0.2, 0.25) is 11.8 Å². The number of carbonyl (C=O) groups is 3. The van der Waals surface area contributed by atoms with Crippen LogP contribution in [0.5, 0.6) is 0 Å². The third-order valence-electron chi connectivity index (χ3n) is 6.99. The second-order valence-corrected chi connectivity index (χ2v) is 12.5. The summed E-state index contributed by atoms with van der Waals surface area (Å²) in [5, 5.41) is 27.9. The Morgan fingerprint density at radius 1 is 1.13 bits per heavy atom. The van der Waals surface area contributed by atoms with Gasteiger partial charge in [0.05, 0.1) is 16.1 Å². The minimum Gasteiger partial charge on any atom is -0.475 e. The van der Waals surface area contributed by atoms with Crippen LogP contribution in [0.2, 0.25) is 9.36 Å². The molecule has 1 saturated heterocycles. The van der Waals surface area contributed by atoms with Crippen molar-refractivity contribution in [1.29, 1.82) is 0 Å². The summed E-state index contributed by atoms with van der Waals surface area (Å²) in [6.07, 6.45) is -2.07. The van der Waals surface area contributed by atoms with Crippen molar-refractivity contribution < 1.29 is 32.7 Å². The Morgan fingerprint density at radius 2 is 1.87 bits per heavy atom. The van der Waals surface area contributed by atoms with Crippen LogP contribution in [-0.4, -0.2) is 67.9 Å². The number of tetrazole rings is 1. The molecule has 0 aliphatic carbocycles. The van der Waals surface area contributed by atoms with Crippen LogP contribution in [0.1, 0.15) is 24.5 Å². The number of carboxylic acid groups (broad SMARTS) is 1. The number of amides is 2. The predicted molar refractivity (Wildman–Crippen MR) is 166 cm³/mol. The van der Waals surface area contributed by atoms with Gasteiger partial charge < -0.3 is 21.1 Å². The van der Waals surface area contributed by atoms with Crippen LogP contribution < -0.4 is 16.0 Å². The van der Waals surface area contributed by atoms with Gasteiger partial charge in [-0.25, -0.2) is 9.48 Å². The van der Waals surface area contributed by atoms with Gasteiger partial charge in [-0.05, 0) is 89.7 Å². The molecular formula is C29H28Cl2F3N7O4S. The average molecular weight is 699 g/mol. The highest BCUT2D eigenvalue weighted by Crippen LogP contribution is 2.34. The third kappa shape index (κ3) is 9.48. The van der Waals surface area contributed by atoms with Crippen LogP contribution in [0.4, 0.5) is 13.2 Å². The highest BCUT2D eigenvalue weighted by Gasteiger charge is 2.38. The van der Waals surface area contributed by atoms with Crippen molar-refractivity contribution in [2.45, 2.75) is 44.6 Å². The summed E-state index contributed by atoms with van der Waals surface area (Å²) in [5.41, 5.74) is 3.85. The number of rotatable bonds is 9. The second kappa shape index (κ2) is 15.5. The Bertz CT molecular complexity index is 1670. The number of benzene rings is 2. The Kier molecular flexibility index (Phi) is 11.7. The lowest BCUT2D eigenvalue weighted by atomic mass is 9.93. The first-order chi connectivity index (χ1) is 21.8. The first kappa shape index (κ1) is 34.8. The first-order valence-electron chi connectivity index (χ1n) is 13.8. The van der Waals surface area contributed by atoms with E-state index in [0.29, 0.717) is 23.0 Å². The highest BCUT2D eigenvalue weighted by molar-refractivity contribution is 7.19. The van der Waals surface area contributed by atoms with Gasteiger partial charge >= 0.3 is 12.1 Å². The maximum absolute atomic E-state index is 13.0. The van der Waals surface area contributed by atoms with Gasteiger partial charge in [-0.2, -0.15) is 13.2 Å². The van der Waals surface area contributed by atoms with Crippen LogP contribution >= 0.6 is 34.5 Å². The third-order valence-corrected chi connectivity index (χ3v) is 8.49. The van der Waals surface area contributed by atoms with Gasteiger partial charge in [-0.1, -0.05) is 47.5 Å². The summed E-state index contributed by atoms with van der Waals surface area (Å²) < 4.78 is 34.0. The largest absolute Gasteiger partial charge is 0.490 e. The topological polar surface area (TPSA) is 151 Å². The molecule has 2 amide bonds. The van der Waals surface area contributed by atoms with Crippen LogP contribution in [0, 0.1) is 5.92 Å². The minimum absolute atomic E-state index is 0.185. The van der Waals surface area contributed by atoms with Crippen molar-refractivity contribution in [2.75, 3.05) is 6.54 Å². The molecule has 1 fully saturated rings. The number of aliphatic carboxylic acids is 1. The van der Waals surface area contributed by atoms with Crippen molar-refractivity contribution >= 4 is 52.3 Å². The van der Waals surface area contributed by atoms with Crippen LogP contribution in [0.15, 0.2) is 60.9 Å². The van der Waals surface area contributed by atoms with E-state index in [4.69, 9.17) is 33.1 Å². The molecule has 0 saturated carbocycles. The summed E-state index contributed by atoms with van der Waals surface area (Å²) in [6, 6.07) is 16.5. The lowest BCUT2D eigenvalue weighted by Gasteiger charge is -2.18. The van der Waals surface area contributed by atoms with Crippen molar-refractivity contribution in [3.63, 3.8) is 0 Å². The number of nitrogens with one attached hydrogen (secondary N) is 3. The van der Waals surface area contributed by atoms with E-state index in [-0.39, 0.29) is 24.4 Å². The Morgan fingerprint density at radius 3 is 2.52 bits per heavy atom. The molecule has 3 atom stereocenters. The van der Waals surface area contributed by atoms with Crippen molar-refractivity contribution in [3.8, 4) is 16.1 Å². The number of hydrogen-bond acceptors (Lipinski definition) is 8. The molecule has 17 heteroatoms. The smallest absolute Gasteiger partial charge is 0.475 e. The molecule has 0 radical (unpaired) electrons. The Labute approximate surface area is 275 Å². The van der Waals surface area contributed by atoms with Crippen molar-refractivity contribution in [2.24, 2.45) is 5.92 Å². The van der Waals surface area contributed by atoms with Crippen molar-refractivity contribution in [1.82, 2.24) is 36.2 Å². The summed E-state index contributed by atoms with van der Waals surface area (Å²) in [5.74, 6) is -2.94. The Balaban J connectivity index is 0.000000617. The van der Waals surface area contributed by atoms with Gasteiger partial charge in [-0.3, -0.25) is 9.59 Å². The molecule has 244 valence electrons. The maximum atomic E-state index is 13.0. The normalized spacial score (nSPS) is 16.7. The van der Waals surface area contributed by atoms with E-state index in [1.165, 1.54) is 22.1 Å². The molecule has 5 rings (SSSR count). The van der Waals surface area contributed by atoms with Gasteiger partial charge in [0.1, 0.15) is 12.4 Å². The van der Waals surface area contributed by atoms with E-state index < -0.39 is 18.2 Å². The molecule has 46 heavy (non-hydrogen) atoms. The second-order valence-electron chi connectivity index (χ2n) is 10.3. The number of aromatic nitrogens is 4. The van der Waals surface area contributed by atoms with E-state index in [1.807, 2.05) is 24.3 Å².